The van der Waals surface area contributed by atoms with Crippen LogP contribution in [0.1, 0.15) is 33.1 Å². The normalized spacial score (nSPS) is 36.0. The Bertz CT molecular complexity index is 689. The van der Waals surface area contributed by atoms with Gasteiger partial charge in [-0.3, -0.25) is 9.69 Å². The molecule has 28 heavy (non-hydrogen) atoms. The van der Waals surface area contributed by atoms with Crippen LogP contribution in [-0.2, 0) is 9.59 Å². The molecule has 0 aromatic rings. The van der Waals surface area contributed by atoms with E-state index in [2.05, 4.69) is 16.8 Å². The van der Waals surface area contributed by atoms with Gasteiger partial charge >= 0.3 is 5.97 Å². The van der Waals surface area contributed by atoms with Gasteiger partial charge in [0.2, 0.25) is 5.91 Å². The molecule has 4 aliphatic rings. The Labute approximate surface area is 170 Å². The number of fused-ring (bicyclic) bond motifs is 1. The predicted octanol–water partition coefficient (Wildman–Crippen LogP) is 1.04. The number of likely N-dealkylation sites (tertiary alicyclic amines) is 2. The summed E-state index contributed by atoms with van der Waals surface area (Å²) >= 11 is 1.66. The first-order valence-corrected chi connectivity index (χ1v) is 11.3. The van der Waals surface area contributed by atoms with E-state index in [0.717, 1.165) is 37.5 Å². The standard InChI is InChI=1S/C20H31N3O4S/c1-11-16-15(12(2)24)19(25)23(16)17(20(26)27)18(11)28-14-6-9-22(10-14)13-4-7-21(3)8-5-13/h11-16,24H,4-10H2,1-3H3,(H,26,27)/t11-,12-,14?,15-,16-/m1/s1. The van der Waals surface area contributed by atoms with Crippen LogP contribution in [0.5, 0.6) is 0 Å². The van der Waals surface area contributed by atoms with E-state index in [4.69, 9.17) is 0 Å². The highest BCUT2D eigenvalue weighted by Gasteiger charge is 2.60. The fraction of sp³-hybridized carbons (Fsp3) is 0.800. The molecule has 1 unspecified atom stereocenters. The average molecular weight is 410 g/mol. The average Bonchev–Trinajstić information content (AvgIpc) is 3.18. The number of rotatable bonds is 5. The quantitative estimate of drug-likeness (QED) is 0.657. The van der Waals surface area contributed by atoms with Gasteiger partial charge in [-0.15, -0.1) is 11.8 Å². The number of nitrogens with zero attached hydrogens (tertiary/aromatic N) is 3. The summed E-state index contributed by atoms with van der Waals surface area (Å²) in [6, 6.07) is 0.421. The Balaban J connectivity index is 1.45. The summed E-state index contributed by atoms with van der Waals surface area (Å²) in [4.78, 5) is 31.6. The Hall–Kier alpha value is -1.09. The van der Waals surface area contributed by atoms with E-state index >= 15 is 0 Å². The summed E-state index contributed by atoms with van der Waals surface area (Å²) in [6.07, 6.45) is 2.71. The van der Waals surface area contributed by atoms with Crippen molar-refractivity contribution in [1.82, 2.24) is 14.7 Å². The molecule has 4 aliphatic heterocycles. The Morgan fingerprint density at radius 2 is 1.89 bits per heavy atom. The van der Waals surface area contributed by atoms with Crippen LogP contribution in [0.15, 0.2) is 10.6 Å². The zero-order valence-corrected chi connectivity index (χ0v) is 17.7. The van der Waals surface area contributed by atoms with Crippen molar-refractivity contribution < 1.29 is 19.8 Å². The van der Waals surface area contributed by atoms with Crippen molar-refractivity contribution in [2.75, 3.05) is 33.2 Å². The van der Waals surface area contributed by atoms with Gasteiger partial charge < -0.3 is 20.0 Å². The highest BCUT2D eigenvalue weighted by molar-refractivity contribution is 8.03. The fourth-order valence-corrected chi connectivity index (χ4v) is 6.90. The summed E-state index contributed by atoms with van der Waals surface area (Å²) in [5.74, 6) is -1.80. The lowest BCUT2D eigenvalue weighted by atomic mass is 9.79. The third-order valence-electron chi connectivity index (χ3n) is 6.99. The van der Waals surface area contributed by atoms with Gasteiger partial charge in [-0.1, -0.05) is 6.92 Å². The molecule has 3 fully saturated rings. The third kappa shape index (κ3) is 3.28. The molecule has 0 spiro atoms. The second-order valence-corrected chi connectivity index (χ2v) is 10.2. The molecule has 2 N–H and O–H groups in total. The van der Waals surface area contributed by atoms with Crippen molar-refractivity contribution in [2.45, 2.75) is 56.5 Å². The molecular formula is C20H31N3O4S. The molecule has 0 aromatic heterocycles. The fourth-order valence-electron chi connectivity index (χ4n) is 5.40. The molecule has 1 amide bonds. The number of carboxylic acid groups (broad SMARTS) is 1. The van der Waals surface area contributed by atoms with Crippen molar-refractivity contribution in [3.63, 3.8) is 0 Å². The van der Waals surface area contributed by atoms with Gasteiger partial charge in [-0.25, -0.2) is 4.79 Å². The first-order chi connectivity index (χ1) is 13.3. The molecule has 0 aliphatic carbocycles. The molecule has 7 nitrogen and oxygen atoms in total. The zero-order chi connectivity index (χ0) is 20.2. The monoisotopic (exact) mass is 409 g/mol. The summed E-state index contributed by atoms with van der Waals surface area (Å²) in [7, 11) is 2.17. The van der Waals surface area contributed by atoms with E-state index in [-0.39, 0.29) is 23.6 Å². The first-order valence-electron chi connectivity index (χ1n) is 10.4. The maximum atomic E-state index is 12.5. The summed E-state index contributed by atoms with van der Waals surface area (Å²) in [5, 5.41) is 20.1. The van der Waals surface area contributed by atoms with Gasteiger partial charge in [0.05, 0.1) is 18.1 Å². The molecule has 0 bridgehead atoms. The largest absolute Gasteiger partial charge is 0.477 e. The zero-order valence-electron chi connectivity index (χ0n) is 16.9. The number of aliphatic hydroxyl groups excluding tert-OH is 1. The number of β-lactam (4-membered cyclic amide) rings is 1. The molecule has 156 valence electrons. The Morgan fingerprint density at radius 1 is 1.21 bits per heavy atom. The second-order valence-electron chi connectivity index (χ2n) is 8.83. The van der Waals surface area contributed by atoms with Crippen LogP contribution in [0.3, 0.4) is 0 Å². The minimum Gasteiger partial charge on any atom is -0.477 e. The van der Waals surface area contributed by atoms with Crippen molar-refractivity contribution in [3.05, 3.63) is 10.6 Å². The van der Waals surface area contributed by atoms with Crippen LogP contribution < -0.4 is 0 Å². The minimum absolute atomic E-state index is 0.0363. The van der Waals surface area contributed by atoms with Crippen LogP contribution in [0, 0.1) is 11.8 Å². The summed E-state index contributed by atoms with van der Waals surface area (Å²) < 4.78 is 0. The summed E-state index contributed by atoms with van der Waals surface area (Å²) in [6.45, 7) is 7.96. The van der Waals surface area contributed by atoms with Gasteiger partial charge in [0, 0.05) is 28.7 Å². The number of hydrogen-bond acceptors (Lipinski definition) is 6. The lowest BCUT2D eigenvalue weighted by Gasteiger charge is -2.46. The lowest BCUT2D eigenvalue weighted by molar-refractivity contribution is -0.163. The van der Waals surface area contributed by atoms with Crippen molar-refractivity contribution >= 4 is 23.6 Å². The number of carbonyl (C=O) groups excluding carboxylic acids is 1. The molecule has 4 rings (SSSR count). The Morgan fingerprint density at radius 3 is 2.50 bits per heavy atom. The van der Waals surface area contributed by atoms with Crippen LogP contribution in [0.25, 0.3) is 0 Å². The van der Waals surface area contributed by atoms with Crippen molar-refractivity contribution in [1.29, 1.82) is 0 Å². The van der Waals surface area contributed by atoms with Crippen LogP contribution in [0.4, 0.5) is 0 Å². The van der Waals surface area contributed by atoms with Gasteiger partial charge in [0.25, 0.3) is 0 Å². The smallest absolute Gasteiger partial charge is 0.353 e. The number of hydrogen-bond donors (Lipinski definition) is 2. The number of aliphatic carboxylic acids is 1. The lowest BCUT2D eigenvalue weighted by Crippen LogP contribution is -2.63. The molecule has 3 saturated heterocycles. The van der Waals surface area contributed by atoms with E-state index < -0.39 is 18.0 Å². The number of carboxylic acids is 1. The van der Waals surface area contributed by atoms with Crippen LogP contribution in [-0.4, -0.2) is 93.5 Å². The maximum absolute atomic E-state index is 12.5. The highest BCUT2D eigenvalue weighted by atomic mass is 32.2. The van der Waals surface area contributed by atoms with Crippen LogP contribution in [0.2, 0.25) is 0 Å². The maximum Gasteiger partial charge on any atom is 0.353 e. The van der Waals surface area contributed by atoms with Gasteiger partial charge in [-0.2, -0.15) is 0 Å². The molecule has 8 heteroatoms. The second kappa shape index (κ2) is 7.63. The van der Waals surface area contributed by atoms with Crippen molar-refractivity contribution in [3.8, 4) is 0 Å². The van der Waals surface area contributed by atoms with Crippen LogP contribution >= 0.6 is 11.8 Å². The molecule has 0 aromatic carbocycles. The van der Waals surface area contributed by atoms with E-state index in [9.17, 15) is 19.8 Å². The number of aliphatic hydroxyl groups is 1. The first kappa shape index (κ1) is 20.2. The SMILES string of the molecule is C[C@@H](O)[C@H]1C(=O)N2C(C(=O)O)=C(SC3CCN(C4CCN(C)CC4)C3)[C@H](C)[C@H]12. The molecule has 4 heterocycles. The minimum atomic E-state index is -1.03. The Kier molecular flexibility index (Phi) is 5.50. The number of thioether (sulfide) groups is 1. The van der Waals surface area contributed by atoms with Gasteiger partial charge in [0.1, 0.15) is 5.70 Å². The van der Waals surface area contributed by atoms with E-state index in [1.54, 1.807) is 18.7 Å². The predicted molar refractivity (Wildman–Crippen MR) is 108 cm³/mol. The highest BCUT2D eigenvalue weighted by Crippen LogP contribution is 2.52. The van der Waals surface area contributed by atoms with Gasteiger partial charge in [-0.05, 0) is 52.9 Å². The van der Waals surface area contributed by atoms with Gasteiger partial charge in [0.15, 0.2) is 0 Å². The third-order valence-corrected chi connectivity index (χ3v) is 8.52. The number of amides is 1. The van der Waals surface area contributed by atoms with E-state index in [0.29, 0.717) is 11.3 Å². The van der Waals surface area contributed by atoms with E-state index in [1.165, 1.54) is 17.7 Å². The topological polar surface area (TPSA) is 84.3 Å². The van der Waals surface area contributed by atoms with E-state index in [1.807, 2.05) is 6.92 Å². The molecule has 5 atom stereocenters. The van der Waals surface area contributed by atoms with Crippen molar-refractivity contribution in [2.24, 2.45) is 11.8 Å². The summed E-state index contributed by atoms with van der Waals surface area (Å²) in [5.41, 5.74) is 0.155. The molecule has 0 saturated carbocycles. The number of carbonyl (C=O) groups is 2. The molecular weight excluding hydrogens is 378 g/mol. The molecule has 0 radical (unpaired) electrons. The number of piperidine rings is 1.